The quantitative estimate of drug-likeness (QED) is 0.706. The van der Waals surface area contributed by atoms with Crippen LogP contribution in [0.2, 0.25) is 0 Å². The number of hydrogen-bond acceptors (Lipinski definition) is 1. The van der Waals surface area contributed by atoms with Crippen LogP contribution < -0.4 is 0 Å². The van der Waals surface area contributed by atoms with Crippen LogP contribution in [0.3, 0.4) is 0 Å². The van der Waals surface area contributed by atoms with Crippen molar-refractivity contribution in [3.8, 4) is 0 Å². The standard InChI is InChI=1S/C15H14N2/c1-11-4-2-5-12(8-11)9-13-10-15-14(17-13)6-3-7-16-15/h2-8,10,17H,9H2,1H3. The summed E-state index contributed by atoms with van der Waals surface area (Å²) in [7, 11) is 0. The molecule has 0 aliphatic rings. The Bertz CT molecular complexity index is 620. The van der Waals surface area contributed by atoms with Crippen molar-refractivity contribution < 1.29 is 0 Å². The van der Waals surface area contributed by atoms with E-state index >= 15 is 0 Å². The second-order valence-electron chi connectivity index (χ2n) is 4.40. The molecular formula is C15H14N2. The smallest absolute Gasteiger partial charge is 0.0881 e. The van der Waals surface area contributed by atoms with Gasteiger partial charge in [-0.3, -0.25) is 4.98 Å². The van der Waals surface area contributed by atoms with Crippen molar-refractivity contribution in [3.63, 3.8) is 0 Å². The summed E-state index contributed by atoms with van der Waals surface area (Å²) < 4.78 is 0. The monoisotopic (exact) mass is 222 g/mol. The van der Waals surface area contributed by atoms with Crippen LogP contribution in [0.1, 0.15) is 16.8 Å². The molecule has 0 saturated heterocycles. The van der Waals surface area contributed by atoms with Gasteiger partial charge in [-0.2, -0.15) is 0 Å². The minimum absolute atomic E-state index is 0.929. The molecule has 1 aromatic carbocycles. The maximum absolute atomic E-state index is 4.33. The van der Waals surface area contributed by atoms with Crippen molar-refractivity contribution in [1.29, 1.82) is 0 Å². The molecule has 0 aliphatic carbocycles. The first kappa shape index (κ1) is 10.1. The lowest BCUT2D eigenvalue weighted by Crippen LogP contribution is -1.88. The second kappa shape index (κ2) is 4.06. The van der Waals surface area contributed by atoms with Gasteiger partial charge >= 0.3 is 0 Å². The summed E-state index contributed by atoms with van der Waals surface area (Å²) in [6.07, 6.45) is 2.75. The summed E-state index contributed by atoms with van der Waals surface area (Å²) in [4.78, 5) is 7.73. The van der Waals surface area contributed by atoms with Crippen LogP contribution in [0.15, 0.2) is 48.7 Å². The van der Waals surface area contributed by atoms with Gasteiger partial charge in [0.05, 0.1) is 11.0 Å². The van der Waals surface area contributed by atoms with Gasteiger partial charge in [0, 0.05) is 18.3 Å². The van der Waals surface area contributed by atoms with Gasteiger partial charge in [-0.15, -0.1) is 0 Å². The fourth-order valence-corrected chi connectivity index (χ4v) is 2.15. The van der Waals surface area contributed by atoms with E-state index in [-0.39, 0.29) is 0 Å². The van der Waals surface area contributed by atoms with Gasteiger partial charge in [0.25, 0.3) is 0 Å². The van der Waals surface area contributed by atoms with Crippen LogP contribution >= 0.6 is 0 Å². The fourth-order valence-electron chi connectivity index (χ4n) is 2.15. The molecule has 0 bridgehead atoms. The predicted molar refractivity (Wildman–Crippen MR) is 70.1 cm³/mol. The van der Waals surface area contributed by atoms with Crippen molar-refractivity contribution in [2.45, 2.75) is 13.3 Å². The van der Waals surface area contributed by atoms with Gasteiger partial charge in [0.1, 0.15) is 0 Å². The van der Waals surface area contributed by atoms with E-state index in [1.807, 2.05) is 12.3 Å². The third-order valence-electron chi connectivity index (χ3n) is 2.92. The lowest BCUT2D eigenvalue weighted by Gasteiger charge is -2.00. The Labute approximate surface area is 100 Å². The van der Waals surface area contributed by atoms with E-state index in [9.17, 15) is 0 Å². The molecule has 0 aliphatic heterocycles. The fraction of sp³-hybridized carbons (Fsp3) is 0.133. The van der Waals surface area contributed by atoms with Crippen molar-refractivity contribution in [2.24, 2.45) is 0 Å². The van der Waals surface area contributed by atoms with Crippen LogP contribution in [0.25, 0.3) is 11.0 Å². The number of fused-ring (bicyclic) bond motifs is 1. The Morgan fingerprint density at radius 3 is 2.88 bits per heavy atom. The number of rotatable bonds is 2. The van der Waals surface area contributed by atoms with Gasteiger partial charge < -0.3 is 4.98 Å². The average molecular weight is 222 g/mol. The number of aromatic nitrogens is 2. The normalized spacial score (nSPS) is 10.9. The van der Waals surface area contributed by atoms with E-state index in [0.717, 1.165) is 17.5 Å². The molecule has 0 unspecified atom stereocenters. The zero-order valence-electron chi connectivity index (χ0n) is 9.77. The molecule has 3 rings (SSSR count). The molecule has 0 atom stereocenters. The number of aromatic amines is 1. The number of aryl methyl sites for hydroxylation is 1. The molecule has 17 heavy (non-hydrogen) atoms. The Balaban J connectivity index is 1.94. The Morgan fingerprint density at radius 2 is 2.06 bits per heavy atom. The summed E-state index contributed by atoms with van der Waals surface area (Å²) in [5.74, 6) is 0. The van der Waals surface area contributed by atoms with Crippen molar-refractivity contribution in [3.05, 3.63) is 65.5 Å². The maximum atomic E-state index is 4.33. The first-order valence-electron chi connectivity index (χ1n) is 5.79. The highest BCUT2D eigenvalue weighted by molar-refractivity contribution is 5.75. The summed E-state index contributed by atoms with van der Waals surface area (Å²) in [5, 5.41) is 0. The lowest BCUT2D eigenvalue weighted by atomic mass is 10.1. The van der Waals surface area contributed by atoms with E-state index in [2.05, 4.69) is 53.3 Å². The summed E-state index contributed by atoms with van der Waals surface area (Å²) in [5.41, 5.74) is 5.99. The van der Waals surface area contributed by atoms with E-state index in [4.69, 9.17) is 0 Å². The molecule has 1 N–H and O–H groups in total. The third-order valence-corrected chi connectivity index (χ3v) is 2.92. The second-order valence-corrected chi connectivity index (χ2v) is 4.40. The number of hydrogen-bond donors (Lipinski definition) is 1. The molecule has 2 aromatic heterocycles. The van der Waals surface area contributed by atoms with Gasteiger partial charge in [-0.1, -0.05) is 29.8 Å². The number of H-pyrrole nitrogens is 1. The number of nitrogens with zero attached hydrogens (tertiary/aromatic N) is 1. The van der Waals surface area contributed by atoms with Crippen LogP contribution in [-0.2, 0) is 6.42 Å². The maximum Gasteiger partial charge on any atom is 0.0881 e. The van der Waals surface area contributed by atoms with E-state index < -0.39 is 0 Å². The van der Waals surface area contributed by atoms with E-state index in [1.54, 1.807) is 0 Å². The summed E-state index contributed by atoms with van der Waals surface area (Å²) >= 11 is 0. The molecule has 2 heterocycles. The lowest BCUT2D eigenvalue weighted by molar-refractivity contribution is 1.11. The number of benzene rings is 1. The highest BCUT2D eigenvalue weighted by atomic mass is 14.8. The average Bonchev–Trinajstić information content (AvgIpc) is 2.71. The molecule has 2 nitrogen and oxygen atoms in total. The van der Waals surface area contributed by atoms with Crippen LogP contribution in [0.4, 0.5) is 0 Å². The molecule has 2 heteroatoms. The highest BCUT2D eigenvalue weighted by Gasteiger charge is 2.02. The van der Waals surface area contributed by atoms with Gasteiger partial charge in [-0.25, -0.2) is 0 Å². The summed E-state index contributed by atoms with van der Waals surface area (Å²) in [6, 6.07) is 14.7. The Hall–Kier alpha value is -2.09. The molecule has 0 spiro atoms. The Morgan fingerprint density at radius 1 is 1.12 bits per heavy atom. The topological polar surface area (TPSA) is 28.7 Å². The minimum Gasteiger partial charge on any atom is -0.357 e. The Kier molecular flexibility index (Phi) is 2.41. The minimum atomic E-state index is 0.929. The SMILES string of the molecule is Cc1cccc(Cc2cc3ncccc3[nH]2)c1. The molecule has 0 saturated carbocycles. The summed E-state index contributed by atoms with van der Waals surface area (Å²) in [6.45, 7) is 2.12. The van der Waals surface area contributed by atoms with Gasteiger partial charge in [0.2, 0.25) is 0 Å². The van der Waals surface area contributed by atoms with Crippen molar-refractivity contribution in [2.75, 3.05) is 0 Å². The molecule has 0 fully saturated rings. The first-order chi connectivity index (χ1) is 8.31. The molecule has 84 valence electrons. The van der Waals surface area contributed by atoms with Crippen LogP contribution in [0.5, 0.6) is 0 Å². The van der Waals surface area contributed by atoms with Crippen molar-refractivity contribution in [1.82, 2.24) is 9.97 Å². The molecule has 0 radical (unpaired) electrons. The largest absolute Gasteiger partial charge is 0.357 e. The first-order valence-corrected chi connectivity index (χ1v) is 5.79. The van der Waals surface area contributed by atoms with Crippen LogP contribution in [0, 0.1) is 6.92 Å². The van der Waals surface area contributed by atoms with Crippen LogP contribution in [-0.4, -0.2) is 9.97 Å². The van der Waals surface area contributed by atoms with E-state index in [1.165, 1.54) is 16.8 Å². The number of pyridine rings is 1. The zero-order chi connectivity index (χ0) is 11.7. The zero-order valence-corrected chi connectivity index (χ0v) is 9.77. The van der Waals surface area contributed by atoms with Gasteiger partial charge in [0.15, 0.2) is 0 Å². The molecule has 0 amide bonds. The number of nitrogens with one attached hydrogen (secondary N) is 1. The highest BCUT2D eigenvalue weighted by Crippen LogP contribution is 2.15. The molecule has 3 aromatic rings. The molecular weight excluding hydrogens is 208 g/mol. The van der Waals surface area contributed by atoms with Gasteiger partial charge in [-0.05, 0) is 30.7 Å². The van der Waals surface area contributed by atoms with E-state index in [0.29, 0.717) is 0 Å². The van der Waals surface area contributed by atoms with Crippen molar-refractivity contribution >= 4 is 11.0 Å². The predicted octanol–water partition coefficient (Wildman–Crippen LogP) is 3.46. The third kappa shape index (κ3) is 2.07.